The van der Waals surface area contributed by atoms with Gasteiger partial charge in [-0.05, 0) is 37.6 Å². The number of amides is 2. The topological polar surface area (TPSA) is 78.1 Å². The van der Waals surface area contributed by atoms with Crippen LogP contribution in [0.4, 0.5) is 5.69 Å². The van der Waals surface area contributed by atoms with E-state index >= 15 is 0 Å². The van der Waals surface area contributed by atoms with Gasteiger partial charge >= 0.3 is 0 Å². The number of hydrogen-bond donors (Lipinski definition) is 2. The highest BCUT2D eigenvalue weighted by Crippen LogP contribution is 2.14. The van der Waals surface area contributed by atoms with Crippen molar-refractivity contribution < 1.29 is 9.59 Å². The first kappa shape index (κ1) is 15.8. The molecule has 1 heterocycles. The van der Waals surface area contributed by atoms with Gasteiger partial charge in [-0.15, -0.1) is 0 Å². The van der Waals surface area contributed by atoms with Crippen LogP contribution in [0.5, 0.6) is 0 Å². The maximum absolute atomic E-state index is 12.1. The Morgan fingerprint density at radius 2 is 2.09 bits per heavy atom. The molecule has 0 aliphatic carbocycles. The fraction of sp³-hybridized carbons (Fsp3) is 0.312. The van der Waals surface area contributed by atoms with Gasteiger partial charge < -0.3 is 10.2 Å². The molecule has 6 heteroatoms. The molecule has 22 heavy (non-hydrogen) atoms. The molecule has 0 bridgehead atoms. The lowest BCUT2D eigenvalue weighted by Gasteiger charge is -2.19. The van der Waals surface area contributed by atoms with E-state index in [0.717, 1.165) is 11.3 Å². The number of carbonyl (C=O) groups excluding carboxylic acids is 2. The number of hydrogen-bond acceptors (Lipinski definition) is 3. The third-order valence-electron chi connectivity index (χ3n) is 3.32. The average Bonchev–Trinajstić information content (AvgIpc) is 2.91. The van der Waals surface area contributed by atoms with Crippen molar-refractivity contribution in [2.24, 2.45) is 0 Å². The average molecular weight is 300 g/mol. The highest BCUT2D eigenvalue weighted by atomic mass is 16.2. The molecule has 1 aromatic carbocycles. The fourth-order valence-corrected chi connectivity index (χ4v) is 2.14. The van der Waals surface area contributed by atoms with E-state index in [2.05, 4.69) is 15.5 Å². The third kappa shape index (κ3) is 3.94. The molecule has 2 rings (SSSR count). The predicted octanol–water partition coefficient (Wildman–Crippen LogP) is 2.34. The van der Waals surface area contributed by atoms with Gasteiger partial charge in [0.2, 0.25) is 5.91 Å². The molecule has 2 N–H and O–H groups in total. The lowest BCUT2D eigenvalue weighted by atomic mass is 10.2. The van der Waals surface area contributed by atoms with Crippen LogP contribution in [-0.4, -0.2) is 33.5 Å². The molecule has 0 atom stereocenters. The van der Waals surface area contributed by atoms with Gasteiger partial charge in [-0.1, -0.05) is 12.1 Å². The molecule has 0 spiro atoms. The summed E-state index contributed by atoms with van der Waals surface area (Å²) in [6.07, 6.45) is 0. The van der Waals surface area contributed by atoms with Crippen molar-refractivity contribution in [1.82, 2.24) is 15.1 Å². The molecule has 116 valence electrons. The summed E-state index contributed by atoms with van der Waals surface area (Å²) < 4.78 is 0. The second-order valence-corrected chi connectivity index (χ2v) is 5.12. The maximum atomic E-state index is 12.1. The molecule has 0 fully saturated rings. The van der Waals surface area contributed by atoms with E-state index in [0.29, 0.717) is 24.5 Å². The van der Waals surface area contributed by atoms with Gasteiger partial charge in [-0.25, -0.2) is 0 Å². The zero-order chi connectivity index (χ0) is 16.1. The molecule has 2 aromatic rings. The number of aromatic amines is 1. The summed E-state index contributed by atoms with van der Waals surface area (Å²) in [5, 5.41) is 9.47. The monoisotopic (exact) mass is 300 g/mol. The van der Waals surface area contributed by atoms with Gasteiger partial charge in [-0.2, -0.15) is 5.10 Å². The van der Waals surface area contributed by atoms with Gasteiger partial charge in [0.1, 0.15) is 0 Å². The van der Waals surface area contributed by atoms with Crippen molar-refractivity contribution in [3.8, 4) is 0 Å². The Kier molecular flexibility index (Phi) is 4.93. The number of aryl methyl sites for hydroxylation is 1. The number of benzene rings is 1. The Hall–Kier alpha value is -2.63. The maximum Gasteiger partial charge on any atom is 0.276 e. The highest BCUT2D eigenvalue weighted by molar-refractivity contribution is 6.02. The number of H-pyrrole nitrogens is 1. The van der Waals surface area contributed by atoms with E-state index in [1.807, 2.05) is 38.1 Å². The van der Waals surface area contributed by atoms with E-state index in [1.165, 1.54) is 0 Å². The van der Waals surface area contributed by atoms with Crippen LogP contribution in [0, 0.1) is 6.92 Å². The van der Waals surface area contributed by atoms with Crippen molar-refractivity contribution in [1.29, 1.82) is 0 Å². The number of carbonyl (C=O) groups is 2. The molecular formula is C16H20N4O2. The van der Waals surface area contributed by atoms with Crippen molar-refractivity contribution >= 4 is 17.5 Å². The van der Waals surface area contributed by atoms with Crippen molar-refractivity contribution in [3.63, 3.8) is 0 Å². The molecule has 1 aromatic heterocycles. The molecule has 6 nitrogen and oxygen atoms in total. The number of nitrogens with zero attached hydrogens (tertiary/aromatic N) is 2. The predicted molar refractivity (Wildman–Crippen MR) is 84.5 cm³/mol. The van der Waals surface area contributed by atoms with Gasteiger partial charge in [0.05, 0.1) is 0 Å². The number of anilines is 1. The summed E-state index contributed by atoms with van der Waals surface area (Å²) in [7, 11) is 0. The van der Waals surface area contributed by atoms with Crippen LogP contribution in [0.15, 0.2) is 30.3 Å². The van der Waals surface area contributed by atoms with Gasteiger partial charge in [0, 0.05) is 31.4 Å². The van der Waals surface area contributed by atoms with E-state index < -0.39 is 0 Å². The second kappa shape index (κ2) is 6.89. The van der Waals surface area contributed by atoms with Gasteiger partial charge in [0.15, 0.2) is 5.69 Å². The Morgan fingerprint density at radius 1 is 1.32 bits per heavy atom. The van der Waals surface area contributed by atoms with Crippen LogP contribution in [0.25, 0.3) is 0 Å². The Morgan fingerprint density at radius 3 is 2.68 bits per heavy atom. The van der Waals surface area contributed by atoms with Crippen LogP contribution in [0.1, 0.15) is 35.6 Å². The van der Waals surface area contributed by atoms with Crippen LogP contribution in [0.3, 0.4) is 0 Å². The summed E-state index contributed by atoms with van der Waals surface area (Å²) in [6, 6.07) is 9.15. The minimum Gasteiger partial charge on any atom is -0.339 e. The lowest BCUT2D eigenvalue weighted by Crippen LogP contribution is -2.27. The standard InChI is InChI=1S/C16H20N4O2/c1-4-20(12(3)21)10-13-6-5-7-14(9-13)17-16(22)15-8-11(2)18-19-15/h5-9H,4,10H2,1-3H3,(H,17,22)(H,18,19). The van der Waals surface area contributed by atoms with Crippen LogP contribution in [-0.2, 0) is 11.3 Å². The molecule has 0 saturated carbocycles. The molecule has 0 unspecified atom stereocenters. The van der Waals surface area contributed by atoms with Gasteiger partial charge in [-0.3, -0.25) is 14.7 Å². The van der Waals surface area contributed by atoms with Crippen LogP contribution < -0.4 is 5.32 Å². The zero-order valence-electron chi connectivity index (χ0n) is 13.0. The zero-order valence-corrected chi connectivity index (χ0v) is 13.0. The Balaban J connectivity index is 2.08. The van der Waals surface area contributed by atoms with Crippen molar-refractivity contribution in [3.05, 3.63) is 47.3 Å². The van der Waals surface area contributed by atoms with Crippen LogP contribution >= 0.6 is 0 Å². The first-order valence-corrected chi connectivity index (χ1v) is 7.17. The Labute approximate surface area is 129 Å². The molecule has 0 aliphatic heterocycles. The summed E-state index contributed by atoms with van der Waals surface area (Å²) in [5.41, 5.74) is 2.83. The quantitative estimate of drug-likeness (QED) is 0.889. The minimum atomic E-state index is -0.264. The SMILES string of the molecule is CCN(Cc1cccc(NC(=O)c2cc(C)[nH]n2)c1)C(C)=O. The highest BCUT2D eigenvalue weighted by Gasteiger charge is 2.11. The number of aromatic nitrogens is 2. The van der Waals surface area contributed by atoms with E-state index in [4.69, 9.17) is 0 Å². The molecule has 0 aliphatic rings. The third-order valence-corrected chi connectivity index (χ3v) is 3.32. The lowest BCUT2D eigenvalue weighted by molar-refractivity contribution is -0.129. The minimum absolute atomic E-state index is 0.0314. The van der Waals surface area contributed by atoms with E-state index in [-0.39, 0.29) is 11.8 Å². The number of rotatable bonds is 5. The summed E-state index contributed by atoms with van der Waals surface area (Å²) in [5.74, 6) is -0.232. The molecular weight excluding hydrogens is 280 g/mol. The first-order chi connectivity index (χ1) is 10.5. The smallest absolute Gasteiger partial charge is 0.276 e. The fourth-order valence-electron chi connectivity index (χ4n) is 2.14. The van der Waals surface area contributed by atoms with Crippen molar-refractivity contribution in [2.45, 2.75) is 27.3 Å². The largest absolute Gasteiger partial charge is 0.339 e. The van der Waals surface area contributed by atoms with Crippen molar-refractivity contribution in [2.75, 3.05) is 11.9 Å². The Bertz CT molecular complexity index is 678. The normalized spacial score (nSPS) is 10.3. The summed E-state index contributed by atoms with van der Waals surface area (Å²) in [6.45, 7) is 6.50. The molecule has 2 amide bonds. The molecule has 0 radical (unpaired) electrons. The van der Waals surface area contributed by atoms with Gasteiger partial charge in [0.25, 0.3) is 5.91 Å². The second-order valence-electron chi connectivity index (χ2n) is 5.12. The number of nitrogens with one attached hydrogen (secondary N) is 2. The molecule has 0 saturated heterocycles. The summed E-state index contributed by atoms with van der Waals surface area (Å²) in [4.78, 5) is 25.3. The van der Waals surface area contributed by atoms with Crippen LogP contribution in [0.2, 0.25) is 0 Å². The van der Waals surface area contributed by atoms with E-state index in [9.17, 15) is 9.59 Å². The first-order valence-electron chi connectivity index (χ1n) is 7.17. The van der Waals surface area contributed by atoms with E-state index in [1.54, 1.807) is 17.9 Å². The summed E-state index contributed by atoms with van der Waals surface area (Å²) >= 11 is 0.